The van der Waals surface area contributed by atoms with E-state index in [2.05, 4.69) is 0 Å². The molecular weight excluding hydrogens is 378 g/mol. The van der Waals surface area contributed by atoms with Crippen molar-refractivity contribution in [1.29, 1.82) is 0 Å². The van der Waals surface area contributed by atoms with Gasteiger partial charge >= 0.3 is 35.3 Å². The van der Waals surface area contributed by atoms with E-state index >= 15 is 0 Å². The molecule has 0 aliphatic heterocycles. The van der Waals surface area contributed by atoms with Gasteiger partial charge < -0.3 is 11.5 Å². The average Bonchev–Trinajstić information content (AvgIpc) is 2.07. The smallest absolute Gasteiger partial charge is 0.0534 e. The second-order valence-corrected chi connectivity index (χ2v) is 6.35. The van der Waals surface area contributed by atoms with Gasteiger partial charge in [-0.3, -0.25) is 0 Å². The Morgan fingerprint density at radius 1 is 1.17 bits per heavy atom. The van der Waals surface area contributed by atoms with Gasteiger partial charge in [-0.05, 0) is 0 Å². The van der Waals surface area contributed by atoms with Crippen molar-refractivity contribution in [2.24, 2.45) is 0 Å². The minimum absolute atomic E-state index is 0.299. The van der Waals surface area contributed by atoms with Crippen LogP contribution in [0.2, 0.25) is 0 Å². The normalized spacial score (nSPS) is 21.3. The van der Waals surface area contributed by atoms with Crippen molar-refractivity contribution < 1.29 is 16.5 Å². The van der Waals surface area contributed by atoms with E-state index < -0.39 is 16.5 Å². The van der Waals surface area contributed by atoms with Crippen molar-refractivity contribution in [2.75, 3.05) is 6.54 Å². The van der Waals surface area contributed by atoms with Crippen LogP contribution in [0.15, 0.2) is 0 Å². The summed E-state index contributed by atoms with van der Waals surface area (Å²) in [6.45, 7) is 0.299. The molecule has 5 heteroatoms. The number of hydrogen-bond acceptors (Lipinski definition) is 0. The molecule has 76 valence electrons. The monoisotopic (exact) mass is 391 g/mol. The molecule has 0 aromatic rings. The van der Waals surface area contributed by atoms with Gasteiger partial charge in [0.25, 0.3) is 0 Å². The van der Waals surface area contributed by atoms with E-state index in [1.807, 2.05) is 0 Å². The third kappa shape index (κ3) is 5.77. The third-order valence-corrected chi connectivity index (χ3v) is 2.15. The fourth-order valence-electron chi connectivity index (χ4n) is 1.41. The minimum Gasteiger partial charge on any atom is -0.678 e. The largest absolute Gasteiger partial charge is 0.678 e. The molecule has 0 bridgehead atoms. The van der Waals surface area contributed by atoms with E-state index in [4.69, 9.17) is 30.3 Å². The summed E-state index contributed by atoms with van der Waals surface area (Å²) in [5.74, 6) is 0. The standard InChI is InChI=1S/C7H14N2.2ClH.Pt/c8-6-7(9)4-2-1-3-5-7;;;/h8-9H,1-6H2;2*1H;/q-2;;;+4/p-2. The van der Waals surface area contributed by atoms with Gasteiger partial charge in [-0.15, -0.1) is 5.54 Å². The first-order valence-electron chi connectivity index (χ1n) is 3.90. The summed E-state index contributed by atoms with van der Waals surface area (Å²) in [5, 5.41) is 0. The van der Waals surface area contributed by atoms with E-state index in [9.17, 15) is 0 Å². The van der Waals surface area contributed by atoms with Crippen molar-refractivity contribution in [2.45, 2.75) is 37.6 Å². The second kappa shape index (κ2) is 7.58. The Labute approximate surface area is 90.7 Å². The molecule has 2 nitrogen and oxygen atoms in total. The van der Waals surface area contributed by atoms with Crippen LogP contribution in [0.1, 0.15) is 32.1 Å². The molecule has 12 heavy (non-hydrogen) atoms. The molecule has 0 atom stereocenters. The van der Waals surface area contributed by atoms with Gasteiger partial charge in [0.15, 0.2) is 0 Å². The molecule has 0 heterocycles. The van der Waals surface area contributed by atoms with Crippen LogP contribution in [-0.4, -0.2) is 12.1 Å². The van der Waals surface area contributed by atoms with Crippen molar-refractivity contribution in [3.63, 3.8) is 0 Å². The molecular formula is C7H14Cl2N2Pt. The molecule has 2 N–H and O–H groups in total. The van der Waals surface area contributed by atoms with E-state index in [1.165, 1.54) is 19.3 Å². The zero-order chi connectivity index (χ0) is 9.45. The summed E-state index contributed by atoms with van der Waals surface area (Å²) < 4.78 is 0. The maximum absolute atomic E-state index is 7.68. The van der Waals surface area contributed by atoms with Crippen LogP contribution in [-0.2, 0) is 16.5 Å². The summed E-state index contributed by atoms with van der Waals surface area (Å²) in [6.07, 6.45) is 5.53. The van der Waals surface area contributed by atoms with E-state index in [1.54, 1.807) is 0 Å². The first-order valence-corrected chi connectivity index (χ1v) is 9.53. The van der Waals surface area contributed by atoms with Crippen LogP contribution in [0, 0.1) is 0 Å². The van der Waals surface area contributed by atoms with Gasteiger partial charge in [-0.25, -0.2) is 0 Å². The maximum Gasteiger partial charge on any atom is -0.0534 e. The van der Waals surface area contributed by atoms with Gasteiger partial charge in [0.1, 0.15) is 0 Å². The molecule has 0 spiro atoms. The molecule has 0 aromatic carbocycles. The van der Waals surface area contributed by atoms with E-state index in [-0.39, 0.29) is 5.54 Å². The minimum atomic E-state index is -0.472. The quantitative estimate of drug-likeness (QED) is 0.643. The molecule has 1 saturated carbocycles. The fourth-order valence-corrected chi connectivity index (χ4v) is 1.41. The van der Waals surface area contributed by atoms with Crippen molar-refractivity contribution in [3.8, 4) is 0 Å². The summed E-state index contributed by atoms with van der Waals surface area (Å²) in [7, 11) is 9.75. The van der Waals surface area contributed by atoms with Gasteiger partial charge in [0.05, 0.1) is 0 Å². The number of hydrogen-bond donors (Lipinski definition) is 0. The molecule has 1 aliphatic carbocycles. The van der Waals surface area contributed by atoms with E-state index in [0.717, 1.165) is 12.8 Å². The maximum atomic E-state index is 7.68. The zero-order valence-electron chi connectivity index (χ0n) is 6.81. The molecule has 0 aromatic heterocycles. The van der Waals surface area contributed by atoms with Crippen LogP contribution in [0.4, 0.5) is 0 Å². The molecule has 0 amide bonds. The molecule has 1 aliphatic rings. The molecule has 0 saturated heterocycles. The van der Waals surface area contributed by atoms with Crippen molar-refractivity contribution in [1.82, 2.24) is 0 Å². The SMILES string of the molecule is [Cl][Pt+2][Cl].[NH-]CC1([NH-])CCCCC1. The van der Waals surface area contributed by atoms with Gasteiger partial charge in [-0.1, -0.05) is 32.1 Å². The molecule has 1 fully saturated rings. The summed E-state index contributed by atoms with van der Waals surface area (Å²) in [6, 6.07) is 0. The summed E-state index contributed by atoms with van der Waals surface area (Å²) in [5.41, 5.74) is 14.4. The summed E-state index contributed by atoms with van der Waals surface area (Å²) >= 11 is -0.472. The Morgan fingerprint density at radius 3 is 1.83 bits per heavy atom. The van der Waals surface area contributed by atoms with Crippen LogP contribution < -0.4 is 0 Å². The average molecular weight is 392 g/mol. The molecule has 0 radical (unpaired) electrons. The van der Waals surface area contributed by atoms with Crippen molar-refractivity contribution >= 4 is 18.8 Å². The Bertz CT molecular complexity index is 108. The van der Waals surface area contributed by atoms with Gasteiger partial charge in [-0.2, -0.15) is 6.54 Å². The van der Waals surface area contributed by atoms with Gasteiger partial charge in [0.2, 0.25) is 0 Å². The Morgan fingerprint density at radius 2 is 1.58 bits per heavy atom. The first-order chi connectivity index (χ1) is 5.68. The van der Waals surface area contributed by atoms with Crippen LogP contribution >= 0.6 is 18.8 Å². The summed E-state index contributed by atoms with van der Waals surface area (Å²) in [4.78, 5) is 0. The second-order valence-electron chi connectivity index (χ2n) is 3.06. The zero-order valence-corrected chi connectivity index (χ0v) is 10.6. The van der Waals surface area contributed by atoms with Crippen molar-refractivity contribution in [3.05, 3.63) is 11.5 Å². The first kappa shape index (κ1) is 13.2. The fraction of sp³-hybridized carbons (Fsp3) is 1.00. The van der Waals surface area contributed by atoms with Crippen LogP contribution in [0.3, 0.4) is 0 Å². The Balaban J connectivity index is 0.000000354. The molecule has 1 rings (SSSR count). The number of nitrogens with one attached hydrogen (secondary N) is 2. The van der Waals surface area contributed by atoms with Crippen LogP contribution in [0.5, 0.6) is 0 Å². The topological polar surface area (TPSA) is 47.6 Å². The van der Waals surface area contributed by atoms with Crippen LogP contribution in [0.25, 0.3) is 11.5 Å². The number of rotatable bonds is 1. The predicted molar refractivity (Wildman–Crippen MR) is 51.0 cm³/mol. The van der Waals surface area contributed by atoms with Gasteiger partial charge in [0, 0.05) is 0 Å². The third-order valence-electron chi connectivity index (χ3n) is 2.15. The number of halogens is 2. The molecule has 0 unspecified atom stereocenters. The van der Waals surface area contributed by atoms with E-state index in [0.29, 0.717) is 6.54 Å². The predicted octanol–water partition coefficient (Wildman–Crippen LogP) is 4.17. The Hall–Kier alpha value is 1.19. The Kier molecular flexibility index (Phi) is 8.33.